The van der Waals surface area contributed by atoms with Crippen LogP contribution in [-0.4, -0.2) is 50.9 Å². The zero-order chi connectivity index (χ0) is 16.3. The summed E-state index contributed by atoms with van der Waals surface area (Å²) >= 11 is 1.54. The number of piperazine rings is 1. The van der Waals surface area contributed by atoms with Crippen molar-refractivity contribution in [2.75, 3.05) is 18.0 Å². The molecule has 122 valence electrons. The average Bonchev–Trinajstić information content (AvgIpc) is 3.36. The van der Waals surface area contributed by atoms with Gasteiger partial charge in [-0.05, 0) is 36.4 Å². The summed E-state index contributed by atoms with van der Waals surface area (Å²) in [5, 5.41) is 3.05. The number of nitrogens with one attached hydrogen (secondary N) is 1. The highest BCUT2D eigenvalue weighted by Crippen LogP contribution is 2.37. The molecule has 1 amide bonds. The number of hydrogen-bond acceptors (Lipinski definition) is 5. The van der Waals surface area contributed by atoms with Gasteiger partial charge in [0.2, 0.25) is 0 Å². The second-order valence-corrected chi connectivity index (χ2v) is 7.44. The summed E-state index contributed by atoms with van der Waals surface area (Å²) in [4.78, 5) is 30.0. The van der Waals surface area contributed by atoms with Crippen molar-refractivity contribution in [1.82, 2.24) is 19.9 Å². The van der Waals surface area contributed by atoms with E-state index in [4.69, 9.17) is 0 Å². The Labute approximate surface area is 143 Å². The highest BCUT2D eigenvalue weighted by Gasteiger charge is 2.46. The largest absolute Gasteiger partial charge is 0.349 e. The van der Waals surface area contributed by atoms with E-state index in [-0.39, 0.29) is 11.9 Å². The van der Waals surface area contributed by atoms with Gasteiger partial charge in [-0.1, -0.05) is 0 Å². The maximum atomic E-state index is 12.8. The number of H-pyrrole nitrogens is 1. The van der Waals surface area contributed by atoms with Gasteiger partial charge in [-0.25, -0.2) is 9.97 Å². The molecule has 2 bridgehead atoms. The fourth-order valence-electron chi connectivity index (χ4n) is 3.98. The molecule has 1 N–H and O–H groups in total. The van der Waals surface area contributed by atoms with E-state index in [1.807, 2.05) is 30.6 Å². The molecule has 0 aromatic carbocycles. The van der Waals surface area contributed by atoms with Crippen LogP contribution in [0.15, 0.2) is 30.0 Å². The van der Waals surface area contributed by atoms with Gasteiger partial charge in [0.1, 0.15) is 17.8 Å². The van der Waals surface area contributed by atoms with Crippen LogP contribution in [0.25, 0.3) is 11.0 Å². The Morgan fingerprint density at radius 2 is 2.21 bits per heavy atom. The van der Waals surface area contributed by atoms with E-state index in [1.165, 1.54) is 0 Å². The zero-order valence-electron chi connectivity index (χ0n) is 13.3. The summed E-state index contributed by atoms with van der Waals surface area (Å²) in [5.74, 6) is 1.16. The van der Waals surface area contributed by atoms with Crippen molar-refractivity contribution in [1.29, 1.82) is 0 Å². The van der Waals surface area contributed by atoms with E-state index in [0.717, 1.165) is 46.8 Å². The van der Waals surface area contributed by atoms with E-state index in [2.05, 4.69) is 24.8 Å². The van der Waals surface area contributed by atoms with Crippen molar-refractivity contribution in [2.24, 2.45) is 0 Å². The molecular formula is C17H17N5OS. The molecule has 5 rings (SSSR count). The highest BCUT2D eigenvalue weighted by molar-refractivity contribution is 7.12. The van der Waals surface area contributed by atoms with E-state index in [1.54, 1.807) is 17.7 Å². The fourth-order valence-corrected chi connectivity index (χ4v) is 4.87. The molecule has 2 saturated heterocycles. The van der Waals surface area contributed by atoms with Crippen LogP contribution in [0.5, 0.6) is 0 Å². The number of fused-ring (bicyclic) bond motifs is 3. The first-order valence-electron chi connectivity index (χ1n) is 8.12. The predicted octanol–water partition coefficient (Wildman–Crippen LogP) is 2.43. The lowest BCUT2D eigenvalue weighted by atomic mass is 10.2. The number of anilines is 1. The molecular weight excluding hydrogens is 322 g/mol. The van der Waals surface area contributed by atoms with Crippen LogP contribution in [0.4, 0.5) is 5.82 Å². The maximum absolute atomic E-state index is 12.8. The third-order valence-electron chi connectivity index (χ3n) is 5.16. The molecule has 3 aromatic rings. The van der Waals surface area contributed by atoms with E-state index in [9.17, 15) is 4.79 Å². The van der Waals surface area contributed by atoms with Gasteiger partial charge in [-0.2, -0.15) is 0 Å². The smallest absolute Gasteiger partial charge is 0.264 e. The van der Waals surface area contributed by atoms with Crippen LogP contribution >= 0.6 is 11.3 Å². The summed E-state index contributed by atoms with van der Waals surface area (Å²) in [6.07, 6.45) is 4.52. The van der Waals surface area contributed by atoms with Crippen LogP contribution < -0.4 is 4.90 Å². The molecule has 24 heavy (non-hydrogen) atoms. The zero-order valence-corrected chi connectivity index (χ0v) is 14.1. The lowest BCUT2D eigenvalue weighted by Gasteiger charge is -2.35. The number of thiophene rings is 1. The summed E-state index contributed by atoms with van der Waals surface area (Å²) in [6.45, 7) is 3.63. The molecule has 3 aromatic heterocycles. The molecule has 2 aliphatic rings. The minimum atomic E-state index is 0.184. The van der Waals surface area contributed by atoms with Gasteiger partial charge >= 0.3 is 0 Å². The second kappa shape index (κ2) is 5.04. The minimum absolute atomic E-state index is 0.184. The lowest BCUT2D eigenvalue weighted by molar-refractivity contribution is 0.0730. The number of carbonyl (C=O) groups excluding carboxylic acids is 1. The predicted molar refractivity (Wildman–Crippen MR) is 93.5 cm³/mol. The second-order valence-electron chi connectivity index (χ2n) is 6.52. The number of hydrogen-bond donors (Lipinski definition) is 1. The van der Waals surface area contributed by atoms with Gasteiger partial charge in [0.05, 0.1) is 22.3 Å². The third kappa shape index (κ3) is 1.91. The van der Waals surface area contributed by atoms with Crippen LogP contribution in [-0.2, 0) is 0 Å². The normalized spacial score (nSPS) is 22.7. The third-order valence-corrected chi connectivity index (χ3v) is 6.17. The minimum Gasteiger partial charge on any atom is -0.349 e. The van der Waals surface area contributed by atoms with Crippen molar-refractivity contribution in [3.8, 4) is 0 Å². The number of aromatic nitrogens is 3. The van der Waals surface area contributed by atoms with Crippen LogP contribution in [0.1, 0.15) is 21.7 Å². The summed E-state index contributed by atoms with van der Waals surface area (Å²) in [7, 11) is 0. The molecule has 0 saturated carbocycles. The summed E-state index contributed by atoms with van der Waals surface area (Å²) in [5.41, 5.74) is 1.94. The standard InChI is InChI=1S/C17H17N5OS/c1-10-3-5-24-14(10)17(23)22-8-11-6-12(22)7-21(11)16-13-2-4-18-15(13)19-9-20-16/h2-5,9,11-12H,6-8H2,1H3,(H,18,19,20). The first kappa shape index (κ1) is 14.0. The molecule has 7 heteroatoms. The van der Waals surface area contributed by atoms with Gasteiger partial charge in [0.15, 0.2) is 0 Å². The van der Waals surface area contributed by atoms with Gasteiger partial charge in [0, 0.05) is 19.3 Å². The first-order chi connectivity index (χ1) is 11.7. The highest BCUT2D eigenvalue weighted by atomic mass is 32.1. The first-order valence-corrected chi connectivity index (χ1v) is 9.00. The summed E-state index contributed by atoms with van der Waals surface area (Å²) < 4.78 is 0. The maximum Gasteiger partial charge on any atom is 0.264 e. The average molecular weight is 339 g/mol. The topological polar surface area (TPSA) is 65.1 Å². The molecule has 5 heterocycles. The van der Waals surface area contributed by atoms with Crippen LogP contribution in [0, 0.1) is 6.92 Å². The number of carbonyl (C=O) groups is 1. The Morgan fingerprint density at radius 1 is 1.29 bits per heavy atom. The number of amides is 1. The molecule has 0 spiro atoms. The number of aryl methyl sites for hydroxylation is 1. The number of rotatable bonds is 2. The Hall–Kier alpha value is -2.41. The Morgan fingerprint density at radius 3 is 2.96 bits per heavy atom. The molecule has 0 aliphatic carbocycles. The summed E-state index contributed by atoms with van der Waals surface area (Å²) in [6, 6.07) is 4.65. The number of nitrogens with zero attached hydrogens (tertiary/aromatic N) is 4. The van der Waals surface area contributed by atoms with Crippen LogP contribution in [0.2, 0.25) is 0 Å². The Kier molecular flexibility index (Phi) is 2.94. The number of likely N-dealkylation sites (tertiary alicyclic amines) is 1. The van der Waals surface area contributed by atoms with Gasteiger partial charge in [0.25, 0.3) is 5.91 Å². The molecule has 2 unspecified atom stereocenters. The van der Waals surface area contributed by atoms with E-state index < -0.39 is 0 Å². The van der Waals surface area contributed by atoms with Crippen molar-refractivity contribution in [3.05, 3.63) is 40.5 Å². The fraction of sp³-hybridized carbons (Fsp3) is 0.353. The van der Waals surface area contributed by atoms with Crippen molar-refractivity contribution < 1.29 is 4.79 Å². The van der Waals surface area contributed by atoms with Crippen molar-refractivity contribution >= 4 is 34.1 Å². The molecule has 2 fully saturated rings. The molecule has 6 nitrogen and oxygen atoms in total. The monoisotopic (exact) mass is 339 g/mol. The van der Waals surface area contributed by atoms with Crippen molar-refractivity contribution in [3.63, 3.8) is 0 Å². The lowest BCUT2D eigenvalue weighted by Crippen LogP contribution is -2.49. The SMILES string of the molecule is Cc1ccsc1C(=O)N1CC2CC1CN2c1ncnc2[nH]ccc12. The van der Waals surface area contributed by atoms with Gasteiger partial charge < -0.3 is 14.8 Å². The molecule has 0 radical (unpaired) electrons. The molecule has 2 atom stereocenters. The van der Waals surface area contributed by atoms with E-state index >= 15 is 0 Å². The van der Waals surface area contributed by atoms with Gasteiger partial charge in [-0.3, -0.25) is 4.79 Å². The Bertz CT molecular complexity index is 932. The number of aromatic amines is 1. The van der Waals surface area contributed by atoms with Crippen molar-refractivity contribution in [2.45, 2.75) is 25.4 Å². The van der Waals surface area contributed by atoms with Crippen LogP contribution in [0.3, 0.4) is 0 Å². The van der Waals surface area contributed by atoms with E-state index in [0.29, 0.717) is 6.04 Å². The van der Waals surface area contributed by atoms with Gasteiger partial charge in [-0.15, -0.1) is 11.3 Å². The quantitative estimate of drug-likeness (QED) is 0.779. The molecule has 2 aliphatic heterocycles. The Balaban J connectivity index is 1.42.